The Bertz CT molecular complexity index is 755. The third-order valence-corrected chi connectivity index (χ3v) is 8.77. The smallest absolute Gasteiger partial charge is 0.200 e. The summed E-state index contributed by atoms with van der Waals surface area (Å²) in [7, 11) is 0. The second-order valence-electron chi connectivity index (χ2n) is 10.7. The number of ether oxygens (including phenoxy) is 2. The van der Waals surface area contributed by atoms with E-state index in [2.05, 4.69) is 12.7 Å². The Labute approximate surface area is 199 Å². The average molecular weight is 461 g/mol. The number of hydrogen-bond donors (Lipinski definition) is 0. The van der Waals surface area contributed by atoms with Crippen molar-refractivity contribution in [2.75, 3.05) is 13.2 Å². The van der Waals surface area contributed by atoms with Crippen LogP contribution >= 0.6 is 0 Å². The van der Waals surface area contributed by atoms with Crippen LogP contribution in [0.2, 0.25) is 0 Å². The monoisotopic (exact) mass is 460 g/mol. The van der Waals surface area contributed by atoms with E-state index in [1.165, 1.54) is 51.4 Å². The van der Waals surface area contributed by atoms with E-state index in [0.717, 1.165) is 50.0 Å². The SMILES string of the molecule is C=CC1CCC(OCC2CCC(C3CCC(c4ccc(OCC)c(F)c4F)CC3)CC2)CC1. The third-order valence-electron chi connectivity index (χ3n) is 8.77. The molecule has 0 aliphatic heterocycles. The summed E-state index contributed by atoms with van der Waals surface area (Å²) in [4.78, 5) is 0. The van der Waals surface area contributed by atoms with Gasteiger partial charge in [-0.15, -0.1) is 6.58 Å². The van der Waals surface area contributed by atoms with Crippen molar-refractivity contribution >= 4 is 0 Å². The van der Waals surface area contributed by atoms with Crippen LogP contribution < -0.4 is 4.74 Å². The number of rotatable bonds is 8. The first-order valence-electron chi connectivity index (χ1n) is 13.4. The summed E-state index contributed by atoms with van der Waals surface area (Å²) in [5, 5.41) is 0. The van der Waals surface area contributed by atoms with Gasteiger partial charge in [0.05, 0.1) is 12.7 Å². The maximum atomic E-state index is 14.6. The fourth-order valence-electron chi connectivity index (χ4n) is 6.62. The van der Waals surface area contributed by atoms with Gasteiger partial charge in [0.1, 0.15) is 0 Å². The molecule has 184 valence electrons. The molecule has 3 fully saturated rings. The molecule has 0 bridgehead atoms. The largest absolute Gasteiger partial charge is 0.491 e. The van der Waals surface area contributed by atoms with Gasteiger partial charge in [0, 0.05) is 6.61 Å². The minimum atomic E-state index is -0.828. The first-order chi connectivity index (χ1) is 16.1. The van der Waals surface area contributed by atoms with Crippen molar-refractivity contribution in [2.24, 2.45) is 23.7 Å². The zero-order valence-electron chi connectivity index (χ0n) is 20.4. The van der Waals surface area contributed by atoms with Crippen molar-refractivity contribution in [2.45, 2.75) is 96.0 Å². The molecule has 0 spiro atoms. The molecule has 4 heteroatoms. The molecular weight excluding hydrogens is 418 g/mol. The third kappa shape index (κ3) is 6.18. The van der Waals surface area contributed by atoms with Crippen molar-refractivity contribution in [1.82, 2.24) is 0 Å². The van der Waals surface area contributed by atoms with E-state index in [4.69, 9.17) is 9.47 Å². The van der Waals surface area contributed by atoms with Crippen molar-refractivity contribution < 1.29 is 18.3 Å². The molecule has 3 aliphatic carbocycles. The van der Waals surface area contributed by atoms with E-state index >= 15 is 0 Å². The van der Waals surface area contributed by atoms with Crippen LogP contribution in [0.25, 0.3) is 0 Å². The molecule has 0 saturated heterocycles. The average Bonchev–Trinajstić information content (AvgIpc) is 2.87. The summed E-state index contributed by atoms with van der Waals surface area (Å²) >= 11 is 0. The minimum Gasteiger partial charge on any atom is -0.491 e. The fraction of sp³-hybridized carbons (Fsp3) is 0.724. The predicted molar refractivity (Wildman–Crippen MR) is 130 cm³/mol. The first-order valence-corrected chi connectivity index (χ1v) is 13.4. The quantitative estimate of drug-likeness (QED) is 0.364. The molecule has 4 rings (SSSR count). The van der Waals surface area contributed by atoms with Gasteiger partial charge < -0.3 is 9.47 Å². The summed E-state index contributed by atoms with van der Waals surface area (Å²) < 4.78 is 40.4. The Morgan fingerprint density at radius 3 is 2.09 bits per heavy atom. The summed E-state index contributed by atoms with van der Waals surface area (Å²) in [6.45, 7) is 6.99. The molecule has 0 heterocycles. The molecular formula is C29H42F2O2. The topological polar surface area (TPSA) is 18.5 Å². The van der Waals surface area contributed by atoms with Crippen molar-refractivity contribution in [3.05, 3.63) is 42.0 Å². The number of benzene rings is 1. The zero-order valence-corrected chi connectivity index (χ0v) is 20.4. The fourth-order valence-corrected chi connectivity index (χ4v) is 6.62. The molecule has 0 radical (unpaired) electrons. The molecule has 0 atom stereocenters. The highest BCUT2D eigenvalue weighted by molar-refractivity contribution is 5.33. The normalized spacial score (nSPS) is 32.9. The number of hydrogen-bond acceptors (Lipinski definition) is 2. The van der Waals surface area contributed by atoms with E-state index in [1.54, 1.807) is 19.1 Å². The van der Waals surface area contributed by atoms with Crippen LogP contribution in [0.5, 0.6) is 5.75 Å². The van der Waals surface area contributed by atoms with Gasteiger partial charge in [0.2, 0.25) is 5.82 Å². The Morgan fingerprint density at radius 2 is 1.48 bits per heavy atom. The Hall–Kier alpha value is -1.42. The minimum absolute atomic E-state index is 0.0256. The van der Waals surface area contributed by atoms with Crippen LogP contribution in [0, 0.1) is 35.3 Å². The molecule has 1 aromatic rings. The van der Waals surface area contributed by atoms with Crippen LogP contribution in [-0.4, -0.2) is 19.3 Å². The predicted octanol–water partition coefficient (Wildman–Crippen LogP) is 8.21. The van der Waals surface area contributed by atoms with Gasteiger partial charge in [-0.05, 0) is 125 Å². The molecule has 1 aromatic carbocycles. The van der Waals surface area contributed by atoms with Gasteiger partial charge in [0.15, 0.2) is 11.6 Å². The van der Waals surface area contributed by atoms with E-state index in [0.29, 0.717) is 24.2 Å². The van der Waals surface area contributed by atoms with Gasteiger partial charge in [-0.3, -0.25) is 0 Å². The first kappa shape index (κ1) is 24.7. The maximum Gasteiger partial charge on any atom is 0.200 e. The maximum absolute atomic E-state index is 14.6. The van der Waals surface area contributed by atoms with E-state index in [-0.39, 0.29) is 11.7 Å². The van der Waals surface area contributed by atoms with Gasteiger partial charge in [-0.2, -0.15) is 4.39 Å². The second kappa shape index (κ2) is 11.8. The van der Waals surface area contributed by atoms with E-state index in [1.807, 2.05) is 0 Å². The van der Waals surface area contributed by atoms with Crippen LogP contribution in [0.4, 0.5) is 8.78 Å². The highest BCUT2D eigenvalue weighted by Gasteiger charge is 2.33. The standard InChI is InChI=1S/C29H42F2O2/c1-3-20-7-15-25(16-8-20)33-19-21-5-9-22(10-6-21)23-11-13-24(14-12-23)26-17-18-27(32-4-2)29(31)28(26)30/h3,17-18,20-25H,1,4-16,19H2,2H3. The Balaban J connectivity index is 1.18. The van der Waals surface area contributed by atoms with E-state index < -0.39 is 11.6 Å². The molecule has 0 amide bonds. The Kier molecular flexibility index (Phi) is 8.85. The van der Waals surface area contributed by atoms with Crippen LogP contribution in [0.1, 0.15) is 95.5 Å². The van der Waals surface area contributed by atoms with E-state index in [9.17, 15) is 8.78 Å². The molecule has 0 unspecified atom stereocenters. The molecule has 3 aliphatic rings. The van der Waals surface area contributed by atoms with Crippen molar-refractivity contribution in [1.29, 1.82) is 0 Å². The van der Waals surface area contributed by atoms with Crippen molar-refractivity contribution in [3.8, 4) is 5.75 Å². The van der Waals surface area contributed by atoms with Gasteiger partial charge >= 0.3 is 0 Å². The molecule has 33 heavy (non-hydrogen) atoms. The Morgan fingerprint density at radius 1 is 0.848 bits per heavy atom. The zero-order chi connectivity index (χ0) is 23.2. The molecule has 0 N–H and O–H groups in total. The second-order valence-corrected chi connectivity index (χ2v) is 10.7. The summed E-state index contributed by atoms with van der Waals surface area (Å²) in [5.41, 5.74) is 0.539. The lowest BCUT2D eigenvalue weighted by Gasteiger charge is -2.38. The van der Waals surface area contributed by atoms with Crippen LogP contribution in [0.15, 0.2) is 24.8 Å². The van der Waals surface area contributed by atoms with Gasteiger partial charge in [0.25, 0.3) is 0 Å². The summed E-state index contributed by atoms with van der Waals surface area (Å²) in [5.74, 6) is 1.58. The van der Waals surface area contributed by atoms with Crippen molar-refractivity contribution in [3.63, 3.8) is 0 Å². The summed E-state index contributed by atoms with van der Waals surface area (Å²) in [6, 6.07) is 3.33. The number of halogens is 2. The summed E-state index contributed by atoms with van der Waals surface area (Å²) in [6.07, 6.45) is 16.8. The lowest BCUT2D eigenvalue weighted by Crippen LogP contribution is -2.28. The lowest BCUT2D eigenvalue weighted by atomic mass is 9.68. The number of allylic oxidation sites excluding steroid dienone is 1. The molecule has 3 saturated carbocycles. The highest BCUT2D eigenvalue weighted by Crippen LogP contribution is 2.45. The molecule has 0 aromatic heterocycles. The van der Waals surface area contributed by atoms with Gasteiger partial charge in [-0.25, -0.2) is 4.39 Å². The van der Waals surface area contributed by atoms with Crippen LogP contribution in [0.3, 0.4) is 0 Å². The lowest BCUT2D eigenvalue weighted by molar-refractivity contribution is -0.00916. The highest BCUT2D eigenvalue weighted by atomic mass is 19.2. The van der Waals surface area contributed by atoms with Crippen LogP contribution in [-0.2, 0) is 4.74 Å². The van der Waals surface area contributed by atoms with Gasteiger partial charge in [-0.1, -0.05) is 12.1 Å². The molecule has 2 nitrogen and oxygen atoms in total.